The fourth-order valence-corrected chi connectivity index (χ4v) is 2.10. The van der Waals surface area contributed by atoms with Crippen LogP contribution >= 0.6 is 0 Å². The van der Waals surface area contributed by atoms with Gasteiger partial charge < -0.3 is 15.5 Å². The van der Waals surface area contributed by atoms with Crippen LogP contribution in [0.5, 0.6) is 0 Å². The predicted octanol–water partition coefficient (Wildman–Crippen LogP) is 3.16. The van der Waals surface area contributed by atoms with Gasteiger partial charge in [0.05, 0.1) is 11.1 Å². The van der Waals surface area contributed by atoms with Crippen molar-refractivity contribution in [2.24, 2.45) is 0 Å². The molecule has 1 saturated heterocycles. The normalized spacial score (nSPS) is 16.3. The highest BCUT2D eigenvalue weighted by atomic mass is 19.4. The molecule has 1 aromatic rings. The number of amides is 2. The molecule has 2 rings (SSSR count). The number of piperazine rings is 1. The van der Waals surface area contributed by atoms with Crippen molar-refractivity contribution in [3.63, 3.8) is 0 Å². The molecule has 0 unspecified atom stereocenters. The summed E-state index contributed by atoms with van der Waals surface area (Å²) < 4.78 is 76.4. The Hall–Kier alpha value is -1.97. The highest BCUT2D eigenvalue weighted by Crippen LogP contribution is 2.37. The molecule has 10 heteroatoms. The quantitative estimate of drug-likeness (QED) is 0.771. The lowest BCUT2D eigenvalue weighted by Gasteiger charge is -2.27. The lowest BCUT2D eigenvalue weighted by atomic mass is 10.1. The maximum Gasteiger partial charge on any atom is 0.416 e. The molecule has 2 N–H and O–H groups in total. The first-order chi connectivity index (χ1) is 10.6. The number of nitrogens with zero attached hydrogens (tertiary/aromatic N) is 1. The van der Waals surface area contributed by atoms with Gasteiger partial charge in [-0.2, -0.15) is 26.3 Å². The molecule has 23 heavy (non-hydrogen) atoms. The van der Waals surface area contributed by atoms with Crippen LogP contribution in [0.2, 0.25) is 0 Å². The summed E-state index contributed by atoms with van der Waals surface area (Å²) in [6.45, 7) is 1.64. The van der Waals surface area contributed by atoms with E-state index in [-0.39, 0.29) is 6.07 Å². The monoisotopic (exact) mass is 341 g/mol. The van der Waals surface area contributed by atoms with Gasteiger partial charge in [-0.05, 0) is 18.2 Å². The summed E-state index contributed by atoms with van der Waals surface area (Å²) in [4.78, 5) is 13.2. The minimum Gasteiger partial charge on any atom is -0.322 e. The van der Waals surface area contributed by atoms with E-state index in [2.05, 4.69) is 10.6 Å². The van der Waals surface area contributed by atoms with Crippen molar-refractivity contribution < 1.29 is 31.1 Å². The number of hydrogen-bond acceptors (Lipinski definition) is 2. The van der Waals surface area contributed by atoms with Crippen LogP contribution in [0.4, 0.5) is 36.8 Å². The van der Waals surface area contributed by atoms with Crippen LogP contribution in [0, 0.1) is 0 Å². The van der Waals surface area contributed by atoms with E-state index in [4.69, 9.17) is 0 Å². The molecule has 128 valence electrons. The van der Waals surface area contributed by atoms with Crippen molar-refractivity contribution in [2.45, 2.75) is 12.4 Å². The van der Waals surface area contributed by atoms with E-state index < -0.39 is 35.2 Å². The SMILES string of the molecule is O=C(Nc1cc(C(F)(F)F)cc(C(F)(F)F)c1)N1CCNCC1. The van der Waals surface area contributed by atoms with E-state index in [9.17, 15) is 31.1 Å². The summed E-state index contributed by atoms with van der Waals surface area (Å²) >= 11 is 0. The Labute approximate surface area is 127 Å². The molecule has 0 bridgehead atoms. The summed E-state index contributed by atoms with van der Waals surface area (Å²) in [6.07, 6.45) is -9.90. The van der Waals surface area contributed by atoms with Crippen LogP contribution < -0.4 is 10.6 Å². The number of benzene rings is 1. The first-order valence-corrected chi connectivity index (χ1v) is 6.63. The number of carbonyl (C=O) groups is 1. The number of nitrogens with one attached hydrogen (secondary N) is 2. The van der Waals surface area contributed by atoms with Gasteiger partial charge in [0, 0.05) is 31.9 Å². The van der Waals surface area contributed by atoms with Crippen LogP contribution in [-0.2, 0) is 12.4 Å². The molecular formula is C13H13F6N3O. The van der Waals surface area contributed by atoms with Crippen LogP contribution in [0.25, 0.3) is 0 Å². The van der Waals surface area contributed by atoms with Crippen LogP contribution in [0.15, 0.2) is 18.2 Å². The Morgan fingerprint density at radius 3 is 1.87 bits per heavy atom. The van der Waals surface area contributed by atoms with Crippen molar-refractivity contribution in [3.05, 3.63) is 29.3 Å². The van der Waals surface area contributed by atoms with E-state index >= 15 is 0 Å². The van der Waals surface area contributed by atoms with E-state index in [0.29, 0.717) is 38.3 Å². The largest absolute Gasteiger partial charge is 0.416 e. The molecule has 1 aromatic carbocycles. The molecule has 0 atom stereocenters. The number of hydrogen-bond donors (Lipinski definition) is 2. The number of alkyl halides is 6. The van der Waals surface area contributed by atoms with Gasteiger partial charge in [-0.25, -0.2) is 4.79 Å². The summed E-state index contributed by atoms with van der Waals surface area (Å²) in [5, 5.41) is 5.07. The third-order valence-electron chi connectivity index (χ3n) is 3.24. The van der Waals surface area contributed by atoms with Crippen molar-refractivity contribution in [1.29, 1.82) is 0 Å². The summed E-state index contributed by atoms with van der Waals surface area (Å²) in [5.41, 5.74) is -3.48. The third-order valence-corrected chi connectivity index (χ3v) is 3.24. The summed E-state index contributed by atoms with van der Waals surface area (Å²) in [6, 6.07) is 0.240. The van der Waals surface area contributed by atoms with Gasteiger partial charge in [0.15, 0.2) is 0 Å². The van der Waals surface area contributed by atoms with Gasteiger partial charge in [-0.15, -0.1) is 0 Å². The maximum absolute atomic E-state index is 12.7. The van der Waals surface area contributed by atoms with Gasteiger partial charge in [-0.1, -0.05) is 0 Å². The van der Waals surface area contributed by atoms with Gasteiger partial charge in [0.1, 0.15) is 0 Å². The number of rotatable bonds is 1. The minimum absolute atomic E-state index is 0.0144. The molecule has 1 fully saturated rings. The Kier molecular flexibility index (Phi) is 4.73. The topological polar surface area (TPSA) is 44.4 Å². The molecule has 0 spiro atoms. The molecule has 4 nitrogen and oxygen atoms in total. The molecule has 1 heterocycles. The van der Waals surface area contributed by atoms with E-state index in [0.717, 1.165) is 0 Å². The Morgan fingerprint density at radius 1 is 0.957 bits per heavy atom. The van der Waals surface area contributed by atoms with Crippen LogP contribution in [0.3, 0.4) is 0 Å². The zero-order chi connectivity index (χ0) is 17.3. The second-order valence-electron chi connectivity index (χ2n) is 4.96. The standard InChI is InChI=1S/C13H13F6N3O/c14-12(15,16)8-5-9(13(17,18)19)7-10(6-8)21-11(23)22-3-1-20-2-4-22/h5-7,20H,1-4H2,(H,21,23). The van der Waals surface area contributed by atoms with Gasteiger partial charge in [-0.3, -0.25) is 0 Å². The molecule has 0 radical (unpaired) electrons. The van der Waals surface area contributed by atoms with Crippen molar-refractivity contribution >= 4 is 11.7 Å². The number of anilines is 1. The van der Waals surface area contributed by atoms with Crippen molar-refractivity contribution in [3.8, 4) is 0 Å². The minimum atomic E-state index is -4.95. The average Bonchev–Trinajstić information content (AvgIpc) is 2.46. The van der Waals surface area contributed by atoms with Crippen LogP contribution in [-0.4, -0.2) is 37.1 Å². The van der Waals surface area contributed by atoms with Crippen LogP contribution in [0.1, 0.15) is 11.1 Å². The Bertz CT molecular complexity index is 546. The van der Waals surface area contributed by atoms with Crippen molar-refractivity contribution in [2.75, 3.05) is 31.5 Å². The van der Waals surface area contributed by atoms with E-state index in [1.165, 1.54) is 4.90 Å². The van der Waals surface area contributed by atoms with Gasteiger partial charge in [0.25, 0.3) is 0 Å². The Balaban J connectivity index is 2.28. The Morgan fingerprint density at radius 2 is 1.43 bits per heavy atom. The number of urea groups is 1. The number of carbonyl (C=O) groups excluding carboxylic acids is 1. The zero-order valence-corrected chi connectivity index (χ0v) is 11.7. The molecular weight excluding hydrogens is 328 g/mol. The second kappa shape index (κ2) is 6.26. The van der Waals surface area contributed by atoms with E-state index in [1.807, 2.05) is 0 Å². The first kappa shape index (κ1) is 17.4. The third kappa shape index (κ3) is 4.50. The smallest absolute Gasteiger partial charge is 0.322 e. The fraction of sp³-hybridized carbons (Fsp3) is 0.462. The van der Waals surface area contributed by atoms with Gasteiger partial charge >= 0.3 is 18.4 Å². The lowest BCUT2D eigenvalue weighted by Crippen LogP contribution is -2.48. The van der Waals surface area contributed by atoms with E-state index in [1.54, 1.807) is 0 Å². The maximum atomic E-state index is 12.7. The molecule has 0 aliphatic carbocycles. The highest BCUT2D eigenvalue weighted by molar-refractivity contribution is 5.89. The number of halogens is 6. The average molecular weight is 341 g/mol. The summed E-state index contributed by atoms with van der Waals surface area (Å²) in [7, 11) is 0. The molecule has 1 aliphatic rings. The first-order valence-electron chi connectivity index (χ1n) is 6.63. The predicted molar refractivity (Wildman–Crippen MR) is 69.9 cm³/mol. The highest BCUT2D eigenvalue weighted by Gasteiger charge is 2.37. The molecule has 0 aromatic heterocycles. The second-order valence-corrected chi connectivity index (χ2v) is 4.96. The molecule has 1 aliphatic heterocycles. The van der Waals surface area contributed by atoms with Crippen molar-refractivity contribution in [1.82, 2.24) is 10.2 Å². The molecule has 0 saturated carbocycles. The fourth-order valence-electron chi connectivity index (χ4n) is 2.10. The molecule has 2 amide bonds. The lowest BCUT2D eigenvalue weighted by molar-refractivity contribution is -0.143. The van der Waals surface area contributed by atoms with Gasteiger partial charge in [0.2, 0.25) is 0 Å². The summed E-state index contributed by atoms with van der Waals surface area (Å²) in [5.74, 6) is 0. The zero-order valence-electron chi connectivity index (χ0n) is 11.7.